The highest BCUT2D eigenvalue weighted by molar-refractivity contribution is 5.83. The second-order valence-electron chi connectivity index (χ2n) is 7.00. The van der Waals surface area contributed by atoms with Gasteiger partial charge in [-0.25, -0.2) is 0 Å². The molecule has 3 heteroatoms. The highest BCUT2D eigenvalue weighted by atomic mass is 16.2. The lowest BCUT2D eigenvalue weighted by molar-refractivity contribution is -0.146. The average Bonchev–Trinajstić information content (AvgIpc) is 2.35. The lowest BCUT2D eigenvalue weighted by Crippen LogP contribution is -2.53. The molecule has 106 valence electrons. The highest BCUT2D eigenvalue weighted by Crippen LogP contribution is 2.38. The van der Waals surface area contributed by atoms with E-state index in [1.165, 1.54) is 6.42 Å². The largest absolute Gasteiger partial charge is 0.342 e. The number of hydrogen-bond acceptors (Lipinski definition) is 2. The van der Waals surface area contributed by atoms with E-state index in [2.05, 4.69) is 27.7 Å². The van der Waals surface area contributed by atoms with Gasteiger partial charge in [-0.15, -0.1) is 0 Å². The third-order valence-corrected chi connectivity index (χ3v) is 4.81. The molecule has 0 bridgehead atoms. The van der Waals surface area contributed by atoms with Gasteiger partial charge < -0.3 is 10.6 Å². The van der Waals surface area contributed by atoms with Gasteiger partial charge in [-0.3, -0.25) is 4.79 Å². The molecule has 0 aromatic rings. The molecule has 1 amide bonds. The zero-order valence-corrected chi connectivity index (χ0v) is 12.8. The van der Waals surface area contributed by atoms with E-state index in [-0.39, 0.29) is 22.8 Å². The van der Waals surface area contributed by atoms with Crippen molar-refractivity contribution in [3.05, 3.63) is 0 Å². The maximum Gasteiger partial charge on any atom is 0.230 e. The fraction of sp³-hybridized carbons (Fsp3) is 0.933. The summed E-state index contributed by atoms with van der Waals surface area (Å²) in [6.45, 7) is 9.16. The smallest absolute Gasteiger partial charge is 0.230 e. The highest BCUT2D eigenvalue weighted by Gasteiger charge is 2.42. The third kappa shape index (κ3) is 3.05. The molecule has 1 saturated carbocycles. The van der Waals surface area contributed by atoms with Crippen LogP contribution in [-0.2, 0) is 4.79 Å². The van der Waals surface area contributed by atoms with Crippen molar-refractivity contribution in [2.24, 2.45) is 16.6 Å². The summed E-state index contributed by atoms with van der Waals surface area (Å²) in [6.07, 6.45) is 5.45. The van der Waals surface area contributed by atoms with E-state index in [0.29, 0.717) is 6.54 Å². The van der Waals surface area contributed by atoms with Crippen molar-refractivity contribution >= 4 is 5.91 Å². The average molecular weight is 254 g/mol. The molecule has 0 aromatic heterocycles. The maximum atomic E-state index is 12.8. The van der Waals surface area contributed by atoms with Gasteiger partial charge in [0.1, 0.15) is 0 Å². The SMILES string of the molecule is CC(N(C)C(=O)C1(CN)CCCCC1)C(C)(C)C. The number of nitrogens with zero attached hydrogens (tertiary/aromatic N) is 1. The van der Waals surface area contributed by atoms with Crippen LogP contribution in [0.25, 0.3) is 0 Å². The zero-order chi connectivity index (χ0) is 14.0. The molecular formula is C15H30N2O. The Morgan fingerprint density at radius 1 is 1.28 bits per heavy atom. The van der Waals surface area contributed by atoms with E-state index in [1.807, 2.05) is 11.9 Å². The Kier molecular flexibility index (Phi) is 4.82. The van der Waals surface area contributed by atoms with Crippen molar-refractivity contribution in [1.29, 1.82) is 0 Å². The van der Waals surface area contributed by atoms with Crippen LogP contribution < -0.4 is 5.73 Å². The Morgan fingerprint density at radius 2 is 1.78 bits per heavy atom. The normalized spacial score (nSPS) is 21.4. The van der Waals surface area contributed by atoms with Gasteiger partial charge in [0.25, 0.3) is 0 Å². The molecule has 0 aromatic carbocycles. The number of carbonyl (C=O) groups is 1. The molecule has 18 heavy (non-hydrogen) atoms. The molecule has 0 aliphatic heterocycles. The van der Waals surface area contributed by atoms with Gasteiger partial charge in [-0.05, 0) is 25.2 Å². The topological polar surface area (TPSA) is 46.3 Å². The van der Waals surface area contributed by atoms with Crippen molar-refractivity contribution in [2.45, 2.75) is 65.8 Å². The van der Waals surface area contributed by atoms with Crippen LogP contribution in [0.3, 0.4) is 0 Å². The first-order valence-electron chi connectivity index (χ1n) is 7.22. The standard InChI is InChI=1S/C15H30N2O/c1-12(14(2,3)4)17(5)13(18)15(11-16)9-7-6-8-10-15/h12H,6-11,16H2,1-5H3. The molecule has 1 unspecified atom stereocenters. The fourth-order valence-electron chi connectivity index (χ4n) is 2.86. The van der Waals surface area contributed by atoms with Gasteiger partial charge in [0, 0.05) is 19.6 Å². The Labute approximate surface area is 112 Å². The molecule has 0 spiro atoms. The summed E-state index contributed by atoms with van der Waals surface area (Å²) in [5.74, 6) is 0.257. The third-order valence-electron chi connectivity index (χ3n) is 4.81. The molecule has 1 rings (SSSR count). The van der Waals surface area contributed by atoms with E-state index in [9.17, 15) is 4.79 Å². The molecular weight excluding hydrogens is 224 g/mol. The van der Waals surface area contributed by atoms with Crippen molar-refractivity contribution < 1.29 is 4.79 Å². The van der Waals surface area contributed by atoms with E-state index in [1.54, 1.807) is 0 Å². The Hall–Kier alpha value is -0.570. The summed E-state index contributed by atoms with van der Waals surface area (Å²) in [6, 6.07) is 0.232. The Morgan fingerprint density at radius 3 is 2.17 bits per heavy atom. The summed E-state index contributed by atoms with van der Waals surface area (Å²) < 4.78 is 0. The van der Waals surface area contributed by atoms with E-state index in [4.69, 9.17) is 5.73 Å². The van der Waals surface area contributed by atoms with E-state index < -0.39 is 0 Å². The molecule has 1 aliphatic rings. The number of carbonyl (C=O) groups excluding carboxylic acids is 1. The first-order chi connectivity index (χ1) is 8.24. The quantitative estimate of drug-likeness (QED) is 0.842. The fourth-order valence-corrected chi connectivity index (χ4v) is 2.86. The minimum Gasteiger partial charge on any atom is -0.342 e. The van der Waals surface area contributed by atoms with Crippen LogP contribution in [0, 0.1) is 10.8 Å². The minimum absolute atomic E-state index is 0.106. The maximum absolute atomic E-state index is 12.8. The van der Waals surface area contributed by atoms with Crippen molar-refractivity contribution in [3.63, 3.8) is 0 Å². The molecule has 0 heterocycles. The van der Waals surface area contributed by atoms with Crippen LogP contribution >= 0.6 is 0 Å². The van der Waals surface area contributed by atoms with Crippen molar-refractivity contribution in [3.8, 4) is 0 Å². The molecule has 0 saturated heterocycles. The van der Waals surface area contributed by atoms with Gasteiger partial charge in [-0.2, -0.15) is 0 Å². The number of rotatable bonds is 3. The Bertz CT molecular complexity index is 287. The van der Waals surface area contributed by atoms with Gasteiger partial charge in [-0.1, -0.05) is 40.0 Å². The lowest BCUT2D eigenvalue weighted by Gasteiger charge is -2.43. The number of nitrogens with two attached hydrogens (primary N) is 1. The molecule has 1 aliphatic carbocycles. The molecule has 1 fully saturated rings. The number of hydrogen-bond donors (Lipinski definition) is 1. The minimum atomic E-state index is -0.285. The monoisotopic (exact) mass is 254 g/mol. The van der Waals surface area contributed by atoms with Crippen LogP contribution in [0.5, 0.6) is 0 Å². The predicted octanol–water partition coefficient (Wildman–Crippen LogP) is 2.79. The van der Waals surface area contributed by atoms with E-state index >= 15 is 0 Å². The summed E-state index contributed by atoms with van der Waals surface area (Å²) in [5, 5.41) is 0. The molecule has 3 nitrogen and oxygen atoms in total. The molecule has 2 N–H and O–H groups in total. The van der Waals surface area contributed by atoms with Crippen LogP contribution in [0.4, 0.5) is 0 Å². The van der Waals surface area contributed by atoms with Gasteiger partial charge >= 0.3 is 0 Å². The van der Waals surface area contributed by atoms with Crippen LogP contribution in [0.2, 0.25) is 0 Å². The number of amides is 1. The summed E-state index contributed by atoms with van der Waals surface area (Å²) in [4.78, 5) is 14.7. The second kappa shape index (κ2) is 5.60. The first kappa shape index (κ1) is 15.5. The van der Waals surface area contributed by atoms with Gasteiger partial charge in [0.2, 0.25) is 5.91 Å². The van der Waals surface area contributed by atoms with Crippen LogP contribution in [-0.4, -0.2) is 30.4 Å². The summed E-state index contributed by atoms with van der Waals surface area (Å²) >= 11 is 0. The summed E-state index contributed by atoms with van der Waals surface area (Å²) in [5.41, 5.74) is 5.76. The second-order valence-corrected chi connectivity index (χ2v) is 7.00. The summed E-state index contributed by atoms with van der Waals surface area (Å²) in [7, 11) is 1.93. The zero-order valence-electron chi connectivity index (χ0n) is 12.8. The Balaban J connectivity index is 2.84. The van der Waals surface area contributed by atoms with Crippen molar-refractivity contribution in [1.82, 2.24) is 4.90 Å². The van der Waals surface area contributed by atoms with Crippen molar-refractivity contribution in [2.75, 3.05) is 13.6 Å². The molecule has 0 radical (unpaired) electrons. The predicted molar refractivity (Wildman–Crippen MR) is 76.3 cm³/mol. The van der Waals surface area contributed by atoms with Crippen LogP contribution in [0.15, 0.2) is 0 Å². The van der Waals surface area contributed by atoms with Gasteiger partial charge in [0.15, 0.2) is 0 Å². The first-order valence-corrected chi connectivity index (χ1v) is 7.22. The molecule has 1 atom stereocenters. The van der Waals surface area contributed by atoms with Gasteiger partial charge in [0.05, 0.1) is 5.41 Å². The lowest BCUT2D eigenvalue weighted by atomic mass is 9.72. The van der Waals surface area contributed by atoms with E-state index in [0.717, 1.165) is 25.7 Å². The van der Waals surface area contributed by atoms with Crippen LogP contribution in [0.1, 0.15) is 59.8 Å².